The summed E-state index contributed by atoms with van der Waals surface area (Å²) in [5, 5.41) is 11.5. The van der Waals surface area contributed by atoms with Crippen LogP contribution in [0.5, 0.6) is 0 Å². The van der Waals surface area contributed by atoms with Gasteiger partial charge in [0.1, 0.15) is 10.6 Å². The molecule has 0 radical (unpaired) electrons. The number of nitrogens with zero attached hydrogens (tertiary/aromatic N) is 3. The standard InChI is InChI=1S/C17H25N3O4S/c1-25(23,24)16-9-5-8-15(17(16)20(21)22)19-12-10-18(11-13-19)14-6-3-2-4-7-14/h5,8-9,14H,2-4,6-7,10-13H2,1H3. The zero-order valence-corrected chi connectivity index (χ0v) is 15.4. The van der Waals surface area contributed by atoms with Crippen molar-refractivity contribution < 1.29 is 13.3 Å². The van der Waals surface area contributed by atoms with Gasteiger partial charge in [0.05, 0.1) is 4.92 Å². The van der Waals surface area contributed by atoms with Gasteiger partial charge in [-0.05, 0) is 25.0 Å². The van der Waals surface area contributed by atoms with Gasteiger partial charge in [0.15, 0.2) is 9.84 Å². The summed E-state index contributed by atoms with van der Waals surface area (Å²) in [5.41, 5.74) is 0.118. The van der Waals surface area contributed by atoms with E-state index in [1.54, 1.807) is 12.1 Å². The number of hydrogen-bond acceptors (Lipinski definition) is 6. The second kappa shape index (κ2) is 7.29. The molecular weight excluding hydrogens is 342 g/mol. The molecular formula is C17H25N3O4S. The van der Waals surface area contributed by atoms with E-state index >= 15 is 0 Å². The minimum absolute atomic E-state index is 0.204. The Bertz CT molecular complexity index is 736. The number of piperazine rings is 1. The van der Waals surface area contributed by atoms with Crippen molar-refractivity contribution in [3.05, 3.63) is 28.3 Å². The van der Waals surface area contributed by atoms with E-state index in [-0.39, 0.29) is 10.6 Å². The van der Waals surface area contributed by atoms with E-state index in [0.717, 1.165) is 19.3 Å². The summed E-state index contributed by atoms with van der Waals surface area (Å²) >= 11 is 0. The first-order valence-electron chi connectivity index (χ1n) is 8.84. The van der Waals surface area contributed by atoms with Crippen LogP contribution in [-0.4, -0.2) is 56.7 Å². The maximum atomic E-state index is 11.9. The highest BCUT2D eigenvalue weighted by molar-refractivity contribution is 7.90. The van der Waals surface area contributed by atoms with E-state index in [2.05, 4.69) is 4.90 Å². The van der Waals surface area contributed by atoms with Gasteiger partial charge in [0.25, 0.3) is 0 Å². The number of rotatable bonds is 4. The molecule has 2 fully saturated rings. The molecule has 0 atom stereocenters. The molecule has 0 amide bonds. The van der Waals surface area contributed by atoms with Gasteiger partial charge in [-0.1, -0.05) is 25.3 Å². The molecule has 7 nitrogen and oxygen atoms in total. The van der Waals surface area contributed by atoms with Gasteiger partial charge < -0.3 is 4.90 Å². The van der Waals surface area contributed by atoms with Crippen LogP contribution in [-0.2, 0) is 9.84 Å². The first-order valence-corrected chi connectivity index (χ1v) is 10.7. The third-order valence-corrected chi connectivity index (χ3v) is 6.43. The van der Waals surface area contributed by atoms with E-state index in [0.29, 0.717) is 24.8 Å². The number of sulfone groups is 1. The SMILES string of the molecule is CS(=O)(=O)c1cccc(N2CCN(C3CCCCC3)CC2)c1[N+](=O)[O-]. The lowest BCUT2D eigenvalue weighted by Crippen LogP contribution is -2.51. The molecule has 1 saturated carbocycles. The Morgan fingerprint density at radius 3 is 2.28 bits per heavy atom. The third kappa shape index (κ3) is 3.95. The fourth-order valence-corrected chi connectivity index (χ4v) is 4.88. The Labute approximate surface area is 148 Å². The number of hydrogen-bond donors (Lipinski definition) is 0. The van der Waals surface area contributed by atoms with E-state index < -0.39 is 14.8 Å². The number of anilines is 1. The molecule has 1 aliphatic heterocycles. The minimum Gasteiger partial charge on any atom is -0.363 e. The van der Waals surface area contributed by atoms with Crippen LogP contribution in [0, 0.1) is 10.1 Å². The van der Waals surface area contributed by atoms with Crippen LogP contribution >= 0.6 is 0 Å². The first-order chi connectivity index (χ1) is 11.9. The molecule has 0 bridgehead atoms. The highest BCUT2D eigenvalue weighted by Gasteiger charge is 2.31. The molecule has 0 spiro atoms. The predicted octanol–water partition coefficient (Wildman–Crippen LogP) is 2.45. The quantitative estimate of drug-likeness (QED) is 0.600. The van der Waals surface area contributed by atoms with Crippen LogP contribution in [0.3, 0.4) is 0 Å². The number of para-hydroxylation sites is 1. The molecule has 138 valence electrons. The van der Waals surface area contributed by atoms with Crippen molar-refractivity contribution in [2.24, 2.45) is 0 Å². The molecule has 0 unspecified atom stereocenters. The molecule has 1 heterocycles. The van der Waals surface area contributed by atoms with Gasteiger partial charge in [-0.25, -0.2) is 8.42 Å². The molecule has 1 aliphatic carbocycles. The fraction of sp³-hybridized carbons (Fsp3) is 0.647. The van der Waals surface area contributed by atoms with E-state index in [1.807, 2.05) is 4.90 Å². The highest BCUT2D eigenvalue weighted by atomic mass is 32.2. The average molecular weight is 367 g/mol. The number of nitro benzene ring substituents is 1. The van der Waals surface area contributed by atoms with Crippen LogP contribution in [0.4, 0.5) is 11.4 Å². The lowest BCUT2D eigenvalue weighted by molar-refractivity contribution is -0.387. The van der Waals surface area contributed by atoms with Crippen molar-refractivity contribution in [3.63, 3.8) is 0 Å². The van der Waals surface area contributed by atoms with Crippen LogP contribution < -0.4 is 4.90 Å². The normalized spacial score (nSPS) is 20.6. The molecule has 0 N–H and O–H groups in total. The Morgan fingerprint density at radius 1 is 1.08 bits per heavy atom. The van der Waals surface area contributed by atoms with Crippen LogP contribution in [0.25, 0.3) is 0 Å². The molecule has 1 aromatic rings. The first kappa shape index (κ1) is 18.1. The van der Waals surface area contributed by atoms with Crippen molar-refractivity contribution >= 4 is 21.2 Å². The van der Waals surface area contributed by atoms with Crippen molar-refractivity contribution in [2.75, 3.05) is 37.3 Å². The van der Waals surface area contributed by atoms with E-state index in [1.165, 1.54) is 38.2 Å². The summed E-state index contributed by atoms with van der Waals surface area (Å²) in [6.45, 7) is 3.10. The van der Waals surface area contributed by atoms with Gasteiger partial charge in [0, 0.05) is 38.5 Å². The summed E-state index contributed by atoms with van der Waals surface area (Å²) in [4.78, 5) is 15.2. The largest absolute Gasteiger partial charge is 0.363 e. The van der Waals surface area contributed by atoms with Gasteiger partial charge in [0.2, 0.25) is 0 Å². The maximum absolute atomic E-state index is 11.9. The topological polar surface area (TPSA) is 83.8 Å². The smallest absolute Gasteiger partial charge is 0.311 e. The van der Waals surface area contributed by atoms with E-state index in [4.69, 9.17) is 0 Å². The van der Waals surface area contributed by atoms with Crippen molar-refractivity contribution in [3.8, 4) is 0 Å². The number of nitro groups is 1. The average Bonchev–Trinajstić information content (AvgIpc) is 2.61. The Balaban J connectivity index is 1.80. The van der Waals surface area contributed by atoms with Gasteiger partial charge in [-0.2, -0.15) is 0 Å². The van der Waals surface area contributed by atoms with E-state index in [9.17, 15) is 18.5 Å². The molecule has 1 saturated heterocycles. The zero-order valence-electron chi connectivity index (χ0n) is 14.6. The summed E-state index contributed by atoms with van der Waals surface area (Å²) in [5.74, 6) is 0. The lowest BCUT2D eigenvalue weighted by atomic mass is 9.94. The Hall–Kier alpha value is -1.67. The second-order valence-electron chi connectivity index (χ2n) is 6.97. The summed E-state index contributed by atoms with van der Waals surface area (Å²) in [6.07, 6.45) is 7.38. The Kier molecular flexibility index (Phi) is 5.29. The lowest BCUT2D eigenvalue weighted by Gasteiger charge is -2.41. The van der Waals surface area contributed by atoms with Crippen molar-refractivity contribution in [1.29, 1.82) is 0 Å². The predicted molar refractivity (Wildman–Crippen MR) is 96.9 cm³/mol. The minimum atomic E-state index is -3.65. The van der Waals surface area contributed by atoms with Crippen molar-refractivity contribution in [2.45, 2.75) is 43.0 Å². The van der Waals surface area contributed by atoms with Gasteiger partial charge >= 0.3 is 5.69 Å². The fourth-order valence-electron chi connectivity index (χ4n) is 4.02. The summed E-state index contributed by atoms with van der Waals surface area (Å²) in [6, 6.07) is 5.19. The molecule has 8 heteroatoms. The van der Waals surface area contributed by atoms with Crippen LogP contribution in [0.15, 0.2) is 23.1 Å². The third-order valence-electron chi connectivity index (χ3n) is 5.31. The highest BCUT2D eigenvalue weighted by Crippen LogP contribution is 2.35. The van der Waals surface area contributed by atoms with Gasteiger partial charge in [-0.15, -0.1) is 0 Å². The molecule has 25 heavy (non-hydrogen) atoms. The summed E-state index contributed by atoms with van der Waals surface area (Å²) in [7, 11) is -3.65. The monoisotopic (exact) mass is 367 g/mol. The maximum Gasteiger partial charge on any atom is 0.311 e. The number of benzene rings is 1. The molecule has 3 rings (SSSR count). The van der Waals surface area contributed by atoms with Crippen LogP contribution in [0.2, 0.25) is 0 Å². The second-order valence-corrected chi connectivity index (χ2v) is 8.95. The molecule has 0 aromatic heterocycles. The van der Waals surface area contributed by atoms with Crippen LogP contribution in [0.1, 0.15) is 32.1 Å². The Morgan fingerprint density at radius 2 is 1.72 bits per heavy atom. The van der Waals surface area contributed by atoms with Gasteiger partial charge in [-0.3, -0.25) is 15.0 Å². The zero-order chi connectivity index (χ0) is 18.0. The summed E-state index contributed by atoms with van der Waals surface area (Å²) < 4.78 is 23.8. The molecule has 1 aromatic carbocycles. The molecule has 2 aliphatic rings. The van der Waals surface area contributed by atoms with Crippen molar-refractivity contribution in [1.82, 2.24) is 4.90 Å².